The van der Waals surface area contributed by atoms with Gasteiger partial charge >= 0.3 is 0 Å². The number of benzene rings is 1. The standard InChI is InChI=1S/C23H26N4O2S/c28-21-4-2-13-27(21)18-10-15-26(16-11-18)14-9-17-5-7-19(8-6-17)29-23-25-20-3-1-12-24-22(20)30-23/h1,3,5-8,12,18H,2,4,9-11,13-16H2. The van der Waals surface area contributed by atoms with Crippen LogP contribution < -0.4 is 4.74 Å². The molecule has 1 aromatic carbocycles. The predicted molar refractivity (Wildman–Crippen MR) is 118 cm³/mol. The van der Waals surface area contributed by atoms with Gasteiger partial charge in [-0.25, -0.2) is 9.97 Å². The molecule has 0 spiro atoms. The zero-order chi connectivity index (χ0) is 20.3. The average molecular weight is 423 g/mol. The van der Waals surface area contributed by atoms with Crippen LogP contribution in [0.2, 0.25) is 0 Å². The van der Waals surface area contributed by atoms with Gasteiger partial charge in [-0.3, -0.25) is 4.79 Å². The van der Waals surface area contributed by atoms with Crippen molar-refractivity contribution in [2.75, 3.05) is 26.2 Å². The molecular formula is C23H26N4O2S. The van der Waals surface area contributed by atoms with Crippen molar-refractivity contribution in [3.63, 3.8) is 0 Å². The normalized spacial score (nSPS) is 18.4. The largest absolute Gasteiger partial charge is 0.431 e. The maximum absolute atomic E-state index is 11.9. The number of rotatable bonds is 6. The highest BCUT2D eigenvalue weighted by Gasteiger charge is 2.30. The van der Waals surface area contributed by atoms with Crippen LogP contribution in [0.3, 0.4) is 0 Å². The van der Waals surface area contributed by atoms with Crippen molar-refractivity contribution < 1.29 is 9.53 Å². The number of amides is 1. The van der Waals surface area contributed by atoms with Gasteiger partial charge in [0.05, 0.1) is 0 Å². The van der Waals surface area contributed by atoms with Crippen LogP contribution in [0.4, 0.5) is 0 Å². The summed E-state index contributed by atoms with van der Waals surface area (Å²) in [4.78, 5) is 26.3. The number of pyridine rings is 1. The third-order valence-electron chi connectivity index (χ3n) is 6.10. The van der Waals surface area contributed by atoms with Gasteiger partial charge < -0.3 is 14.5 Å². The highest BCUT2D eigenvalue weighted by atomic mass is 32.1. The monoisotopic (exact) mass is 422 g/mol. The molecule has 2 aromatic heterocycles. The number of hydrogen-bond acceptors (Lipinski definition) is 6. The second kappa shape index (κ2) is 8.70. The fourth-order valence-corrected chi connectivity index (χ4v) is 5.19. The molecule has 5 rings (SSSR count). The summed E-state index contributed by atoms with van der Waals surface area (Å²) in [7, 11) is 0. The topological polar surface area (TPSA) is 58.6 Å². The molecule has 0 bridgehead atoms. The summed E-state index contributed by atoms with van der Waals surface area (Å²) >= 11 is 1.46. The Labute approximate surface area is 180 Å². The van der Waals surface area contributed by atoms with Gasteiger partial charge in [0.1, 0.15) is 16.1 Å². The highest BCUT2D eigenvalue weighted by molar-refractivity contribution is 7.19. The first-order chi connectivity index (χ1) is 14.7. The third-order valence-corrected chi connectivity index (χ3v) is 6.96. The summed E-state index contributed by atoms with van der Waals surface area (Å²) in [5, 5.41) is 0.621. The van der Waals surface area contributed by atoms with E-state index in [4.69, 9.17) is 4.74 Å². The van der Waals surface area contributed by atoms with Crippen molar-refractivity contribution in [2.24, 2.45) is 0 Å². The Morgan fingerprint density at radius 2 is 1.93 bits per heavy atom. The number of nitrogens with zero attached hydrogens (tertiary/aromatic N) is 4. The molecule has 2 aliphatic rings. The number of piperidine rings is 1. The van der Waals surface area contributed by atoms with E-state index in [-0.39, 0.29) is 0 Å². The van der Waals surface area contributed by atoms with E-state index in [0.29, 0.717) is 17.1 Å². The van der Waals surface area contributed by atoms with E-state index in [0.717, 1.165) is 74.4 Å². The van der Waals surface area contributed by atoms with E-state index in [9.17, 15) is 4.79 Å². The number of aromatic nitrogens is 2. The quantitative estimate of drug-likeness (QED) is 0.598. The number of carbonyl (C=O) groups excluding carboxylic acids is 1. The van der Waals surface area contributed by atoms with E-state index in [1.807, 2.05) is 24.3 Å². The molecule has 156 valence electrons. The number of carbonyl (C=O) groups is 1. The fraction of sp³-hybridized carbons (Fsp3) is 0.435. The summed E-state index contributed by atoms with van der Waals surface area (Å²) in [6, 6.07) is 12.6. The minimum absolute atomic E-state index is 0.359. The predicted octanol–water partition coefficient (Wildman–Crippen LogP) is 4.11. The Bertz CT molecular complexity index is 978. The molecule has 3 aromatic rings. The van der Waals surface area contributed by atoms with Crippen LogP contribution in [-0.2, 0) is 11.2 Å². The Hall–Kier alpha value is -2.51. The number of ether oxygens (including phenoxy) is 1. The molecule has 0 saturated carbocycles. The second-order valence-corrected chi connectivity index (χ2v) is 9.01. The highest BCUT2D eigenvalue weighted by Crippen LogP contribution is 2.30. The molecule has 1 amide bonds. The van der Waals surface area contributed by atoms with Crippen LogP contribution in [0.1, 0.15) is 31.2 Å². The maximum Gasteiger partial charge on any atom is 0.281 e. The first-order valence-electron chi connectivity index (χ1n) is 10.7. The second-order valence-electron chi connectivity index (χ2n) is 8.07. The molecule has 0 unspecified atom stereocenters. The van der Waals surface area contributed by atoms with Crippen molar-refractivity contribution in [3.8, 4) is 10.9 Å². The van der Waals surface area contributed by atoms with E-state index < -0.39 is 0 Å². The molecule has 4 heterocycles. The summed E-state index contributed by atoms with van der Waals surface area (Å²) < 4.78 is 5.91. The molecule has 0 N–H and O–H groups in total. The lowest BCUT2D eigenvalue weighted by molar-refractivity contribution is -0.130. The van der Waals surface area contributed by atoms with Gasteiger partial charge in [-0.2, -0.15) is 0 Å². The van der Waals surface area contributed by atoms with E-state index >= 15 is 0 Å². The van der Waals surface area contributed by atoms with Crippen LogP contribution in [0, 0.1) is 0 Å². The third kappa shape index (κ3) is 4.32. The lowest BCUT2D eigenvalue weighted by Crippen LogP contribution is -2.45. The summed E-state index contributed by atoms with van der Waals surface area (Å²) in [5.74, 6) is 1.16. The van der Waals surface area contributed by atoms with E-state index in [1.54, 1.807) is 6.20 Å². The van der Waals surface area contributed by atoms with Crippen molar-refractivity contribution in [1.29, 1.82) is 0 Å². The first-order valence-corrected chi connectivity index (χ1v) is 11.6. The summed E-state index contributed by atoms with van der Waals surface area (Å²) in [6.45, 7) is 4.19. The lowest BCUT2D eigenvalue weighted by Gasteiger charge is -2.36. The molecule has 2 aliphatic heterocycles. The molecule has 7 heteroatoms. The fourth-order valence-electron chi connectivity index (χ4n) is 4.42. The maximum atomic E-state index is 11.9. The van der Waals surface area contributed by atoms with Gasteiger partial charge in [0.15, 0.2) is 0 Å². The molecule has 2 saturated heterocycles. The minimum Gasteiger partial charge on any atom is -0.431 e. The van der Waals surface area contributed by atoms with E-state index in [1.165, 1.54) is 16.9 Å². The molecule has 0 radical (unpaired) electrons. The molecule has 0 atom stereocenters. The van der Waals surface area contributed by atoms with Crippen molar-refractivity contribution in [1.82, 2.24) is 19.8 Å². The first kappa shape index (κ1) is 19.5. The van der Waals surface area contributed by atoms with Gasteiger partial charge in [0, 0.05) is 44.8 Å². The number of hydrogen-bond donors (Lipinski definition) is 0. The van der Waals surface area contributed by atoms with Crippen molar-refractivity contribution >= 4 is 27.6 Å². The zero-order valence-electron chi connectivity index (χ0n) is 17.0. The molecule has 6 nitrogen and oxygen atoms in total. The molecule has 0 aliphatic carbocycles. The Kier molecular flexibility index (Phi) is 5.64. The Morgan fingerprint density at radius 3 is 2.67 bits per heavy atom. The van der Waals surface area contributed by atoms with Gasteiger partial charge in [0.25, 0.3) is 5.19 Å². The van der Waals surface area contributed by atoms with Gasteiger partial charge in [0.2, 0.25) is 5.91 Å². The minimum atomic E-state index is 0.359. The molecule has 30 heavy (non-hydrogen) atoms. The Balaban J connectivity index is 1.10. The number of thiazole rings is 1. The number of fused-ring (bicyclic) bond motifs is 1. The van der Waals surface area contributed by atoms with Crippen LogP contribution >= 0.6 is 11.3 Å². The van der Waals surface area contributed by atoms with Gasteiger partial charge in [-0.05, 0) is 55.5 Å². The van der Waals surface area contributed by atoms with Crippen LogP contribution in [-0.4, -0.2) is 57.9 Å². The zero-order valence-corrected chi connectivity index (χ0v) is 17.8. The smallest absolute Gasteiger partial charge is 0.281 e. The Morgan fingerprint density at radius 1 is 1.10 bits per heavy atom. The lowest BCUT2D eigenvalue weighted by atomic mass is 10.0. The van der Waals surface area contributed by atoms with Crippen LogP contribution in [0.25, 0.3) is 10.3 Å². The van der Waals surface area contributed by atoms with Crippen molar-refractivity contribution in [3.05, 3.63) is 48.2 Å². The molecular weight excluding hydrogens is 396 g/mol. The van der Waals surface area contributed by atoms with Gasteiger partial charge in [-0.1, -0.05) is 23.5 Å². The van der Waals surface area contributed by atoms with E-state index in [2.05, 4.69) is 31.9 Å². The average Bonchev–Trinajstić information content (AvgIpc) is 3.39. The van der Waals surface area contributed by atoms with Crippen LogP contribution in [0.5, 0.6) is 10.9 Å². The summed E-state index contributed by atoms with van der Waals surface area (Å²) in [5.41, 5.74) is 2.18. The van der Waals surface area contributed by atoms with Crippen molar-refractivity contribution in [2.45, 2.75) is 38.1 Å². The van der Waals surface area contributed by atoms with Gasteiger partial charge in [-0.15, -0.1) is 0 Å². The summed E-state index contributed by atoms with van der Waals surface area (Å²) in [6.07, 6.45) is 6.79. The molecule has 2 fully saturated rings. The van der Waals surface area contributed by atoms with Crippen LogP contribution in [0.15, 0.2) is 42.6 Å². The SMILES string of the molecule is O=C1CCCN1C1CCN(CCc2ccc(Oc3nc4cccnc4s3)cc2)CC1. The number of likely N-dealkylation sites (tertiary alicyclic amines) is 2.